The molecule has 3 aromatic rings. The minimum atomic E-state index is -4.75. The Morgan fingerprint density at radius 3 is 2.34 bits per heavy atom. The Labute approximate surface area is 184 Å². The van der Waals surface area contributed by atoms with Crippen molar-refractivity contribution in [3.05, 3.63) is 86.9 Å². The Hall–Kier alpha value is -3.79. The van der Waals surface area contributed by atoms with Crippen molar-refractivity contribution >= 4 is 28.9 Å². The van der Waals surface area contributed by atoms with Crippen LogP contribution in [0.25, 0.3) is 0 Å². The fourth-order valence-corrected chi connectivity index (χ4v) is 2.87. The Kier molecular flexibility index (Phi) is 6.54. The molecule has 0 radical (unpaired) electrons. The van der Waals surface area contributed by atoms with Crippen LogP contribution in [-0.4, -0.2) is 17.9 Å². The van der Waals surface area contributed by atoms with Gasteiger partial charge in [0.05, 0.1) is 28.3 Å². The van der Waals surface area contributed by atoms with Gasteiger partial charge in [-0.2, -0.15) is 13.2 Å². The number of alkyl halides is 3. The lowest BCUT2D eigenvalue weighted by atomic mass is 10.1. The molecule has 7 nitrogen and oxygen atoms in total. The number of halogens is 4. The van der Waals surface area contributed by atoms with Crippen molar-refractivity contribution in [3.63, 3.8) is 0 Å². The van der Waals surface area contributed by atoms with Crippen molar-refractivity contribution in [2.75, 3.05) is 12.4 Å². The lowest BCUT2D eigenvalue weighted by Gasteiger charge is -2.13. The number of ether oxygens (including phenoxy) is 2. The average Bonchev–Trinajstić information content (AvgIpc) is 2.74. The number of amides is 1. The second-order valence-corrected chi connectivity index (χ2v) is 6.75. The van der Waals surface area contributed by atoms with Crippen molar-refractivity contribution in [1.82, 2.24) is 0 Å². The number of methoxy groups -OCH3 is 1. The summed E-state index contributed by atoms with van der Waals surface area (Å²) in [5.74, 6) is -0.936. The summed E-state index contributed by atoms with van der Waals surface area (Å²) in [6.07, 6.45) is -4.75. The van der Waals surface area contributed by atoms with Crippen LogP contribution >= 0.6 is 11.6 Å². The first-order valence-corrected chi connectivity index (χ1v) is 9.25. The minimum Gasteiger partial charge on any atom is -0.493 e. The van der Waals surface area contributed by atoms with E-state index in [9.17, 15) is 28.1 Å². The lowest BCUT2D eigenvalue weighted by molar-refractivity contribution is -0.385. The molecule has 0 heterocycles. The number of nitro benzene ring substituents is 1. The molecule has 0 aromatic heterocycles. The third-order valence-corrected chi connectivity index (χ3v) is 4.58. The quantitative estimate of drug-likeness (QED) is 0.339. The highest BCUT2D eigenvalue weighted by Gasteiger charge is 2.33. The molecule has 0 bridgehead atoms. The van der Waals surface area contributed by atoms with Gasteiger partial charge in [-0.15, -0.1) is 0 Å². The number of carbonyl (C=O) groups excluding carboxylic acids is 1. The number of rotatable bonds is 6. The summed E-state index contributed by atoms with van der Waals surface area (Å²) in [5, 5.41) is 14.2. The van der Waals surface area contributed by atoms with E-state index in [2.05, 4.69) is 5.32 Å². The molecule has 0 aliphatic carbocycles. The number of nitrogens with one attached hydrogen (secondary N) is 1. The largest absolute Gasteiger partial charge is 0.493 e. The van der Waals surface area contributed by atoms with Crippen LogP contribution in [0.3, 0.4) is 0 Å². The van der Waals surface area contributed by atoms with Gasteiger partial charge in [0, 0.05) is 11.6 Å². The Morgan fingerprint density at radius 1 is 1.03 bits per heavy atom. The molecule has 3 aromatic carbocycles. The van der Waals surface area contributed by atoms with Gasteiger partial charge in [-0.25, -0.2) is 0 Å². The zero-order valence-electron chi connectivity index (χ0n) is 16.3. The van der Waals surface area contributed by atoms with E-state index < -0.39 is 34.0 Å². The Balaban J connectivity index is 1.89. The molecule has 0 unspecified atom stereocenters. The van der Waals surface area contributed by atoms with E-state index in [0.29, 0.717) is 22.8 Å². The first-order chi connectivity index (χ1) is 15.1. The maximum Gasteiger partial charge on any atom is 0.416 e. The van der Waals surface area contributed by atoms with E-state index in [1.54, 1.807) is 24.3 Å². The second-order valence-electron chi connectivity index (χ2n) is 6.34. The molecule has 32 heavy (non-hydrogen) atoms. The van der Waals surface area contributed by atoms with Gasteiger partial charge in [0.25, 0.3) is 5.91 Å². The average molecular weight is 467 g/mol. The zero-order valence-corrected chi connectivity index (χ0v) is 17.0. The van der Waals surface area contributed by atoms with E-state index in [1.165, 1.54) is 25.3 Å². The number of hydrogen-bond donors (Lipinski definition) is 1. The van der Waals surface area contributed by atoms with E-state index in [4.69, 9.17) is 21.1 Å². The number of benzene rings is 3. The molecule has 0 spiro atoms. The van der Waals surface area contributed by atoms with Crippen molar-refractivity contribution in [3.8, 4) is 17.2 Å². The van der Waals surface area contributed by atoms with Crippen molar-refractivity contribution in [1.29, 1.82) is 0 Å². The molecule has 0 saturated heterocycles. The SMILES string of the molecule is COc1cc(C(=O)Nc2ccccc2Cl)ccc1Oc1ccc(C(F)(F)F)cc1[N+](=O)[O-]. The molecule has 166 valence electrons. The molecule has 1 amide bonds. The number of nitrogens with zero attached hydrogens (tertiary/aromatic N) is 1. The highest BCUT2D eigenvalue weighted by Crippen LogP contribution is 2.40. The Morgan fingerprint density at radius 2 is 1.72 bits per heavy atom. The van der Waals surface area contributed by atoms with Gasteiger partial charge >= 0.3 is 11.9 Å². The third-order valence-electron chi connectivity index (χ3n) is 4.25. The molecule has 0 aliphatic rings. The maximum atomic E-state index is 12.9. The molecule has 3 rings (SSSR count). The van der Waals surface area contributed by atoms with Crippen LogP contribution < -0.4 is 14.8 Å². The molecule has 0 aliphatic heterocycles. The van der Waals surface area contributed by atoms with Gasteiger partial charge in [-0.3, -0.25) is 14.9 Å². The smallest absolute Gasteiger partial charge is 0.416 e. The summed E-state index contributed by atoms with van der Waals surface area (Å²) in [7, 11) is 1.28. The van der Waals surface area contributed by atoms with Gasteiger partial charge in [-0.1, -0.05) is 23.7 Å². The summed E-state index contributed by atoms with van der Waals surface area (Å²) >= 11 is 6.02. The van der Waals surface area contributed by atoms with Crippen molar-refractivity contribution in [2.45, 2.75) is 6.18 Å². The van der Waals surface area contributed by atoms with Crippen LogP contribution in [0.2, 0.25) is 5.02 Å². The minimum absolute atomic E-state index is 0.0333. The molecular weight excluding hydrogens is 453 g/mol. The molecule has 0 atom stereocenters. The molecule has 11 heteroatoms. The van der Waals surface area contributed by atoms with E-state index in [0.717, 1.165) is 6.07 Å². The topological polar surface area (TPSA) is 90.7 Å². The third kappa shape index (κ3) is 5.09. The van der Waals surface area contributed by atoms with Gasteiger partial charge in [0.1, 0.15) is 0 Å². The second kappa shape index (κ2) is 9.15. The van der Waals surface area contributed by atoms with Gasteiger partial charge in [0.2, 0.25) is 5.75 Å². The molecule has 0 fully saturated rings. The number of para-hydroxylation sites is 1. The van der Waals surface area contributed by atoms with E-state index >= 15 is 0 Å². The number of hydrogen-bond acceptors (Lipinski definition) is 5. The van der Waals surface area contributed by atoms with E-state index in [-0.39, 0.29) is 17.1 Å². The summed E-state index contributed by atoms with van der Waals surface area (Å²) in [5.41, 5.74) is -1.51. The zero-order chi connectivity index (χ0) is 23.5. The number of nitro groups is 1. The summed E-state index contributed by atoms with van der Waals surface area (Å²) in [6.45, 7) is 0. The van der Waals surface area contributed by atoms with E-state index in [1.807, 2.05) is 0 Å². The van der Waals surface area contributed by atoms with Gasteiger partial charge in [0.15, 0.2) is 11.5 Å². The van der Waals surface area contributed by atoms with Gasteiger partial charge < -0.3 is 14.8 Å². The fourth-order valence-electron chi connectivity index (χ4n) is 2.69. The van der Waals surface area contributed by atoms with Crippen LogP contribution in [0.5, 0.6) is 17.2 Å². The van der Waals surface area contributed by atoms with Crippen LogP contribution in [0.15, 0.2) is 60.7 Å². The summed E-state index contributed by atoms with van der Waals surface area (Å²) < 4.78 is 49.3. The number of anilines is 1. The highest BCUT2D eigenvalue weighted by molar-refractivity contribution is 6.33. The Bertz CT molecular complexity index is 1180. The first kappa shape index (κ1) is 22.9. The molecule has 0 saturated carbocycles. The predicted octanol–water partition coefficient (Wildman–Crippen LogP) is 6.32. The van der Waals surface area contributed by atoms with Crippen LogP contribution in [0, 0.1) is 10.1 Å². The summed E-state index contributed by atoms with van der Waals surface area (Å²) in [4.78, 5) is 22.8. The fraction of sp³-hybridized carbons (Fsp3) is 0.0952. The maximum absolute atomic E-state index is 12.9. The normalized spacial score (nSPS) is 11.0. The van der Waals surface area contributed by atoms with Crippen molar-refractivity contribution < 1.29 is 32.4 Å². The van der Waals surface area contributed by atoms with Crippen LogP contribution in [-0.2, 0) is 6.18 Å². The first-order valence-electron chi connectivity index (χ1n) is 8.87. The predicted molar refractivity (Wildman–Crippen MR) is 111 cm³/mol. The van der Waals surface area contributed by atoms with Gasteiger partial charge in [-0.05, 0) is 42.5 Å². The lowest BCUT2D eigenvalue weighted by Crippen LogP contribution is -2.12. The van der Waals surface area contributed by atoms with Crippen LogP contribution in [0.4, 0.5) is 24.5 Å². The standard InChI is InChI=1S/C21H14ClF3N2O5/c1-31-19-10-12(20(28)26-15-5-3-2-4-14(15)22)6-8-18(19)32-17-9-7-13(21(23,24)25)11-16(17)27(29)30/h2-11H,1H3,(H,26,28). The summed E-state index contributed by atoms with van der Waals surface area (Å²) in [6, 6.07) is 12.5. The monoisotopic (exact) mass is 466 g/mol. The van der Waals surface area contributed by atoms with Crippen molar-refractivity contribution in [2.24, 2.45) is 0 Å². The molecule has 1 N–H and O–H groups in total. The highest BCUT2D eigenvalue weighted by atomic mass is 35.5. The van der Waals surface area contributed by atoms with Crippen LogP contribution in [0.1, 0.15) is 15.9 Å². The molecular formula is C21H14ClF3N2O5. The number of carbonyl (C=O) groups is 1.